The summed E-state index contributed by atoms with van der Waals surface area (Å²) in [6.45, 7) is 3.77. The van der Waals surface area contributed by atoms with Gasteiger partial charge in [0.2, 0.25) is 0 Å². The van der Waals surface area contributed by atoms with Crippen molar-refractivity contribution in [3.8, 4) is 5.75 Å². The minimum absolute atomic E-state index is 0.119. The van der Waals surface area contributed by atoms with Gasteiger partial charge in [-0.05, 0) is 43.0 Å². The zero-order valence-corrected chi connectivity index (χ0v) is 14.2. The summed E-state index contributed by atoms with van der Waals surface area (Å²) >= 11 is 1.63. The van der Waals surface area contributed by atoms with Crippen LogP contribution in [0.5, 0.6) is 5.75 Å². The van der Waals surface area contributed by atoms with Gasteiger partial charge in [0.1, 0.15) is 5.75 Å². The lowest BCUT2D eigenvalue weighted by Crippen LogP contribution is -2.41. The van der Waals surface area contributed by atoms with E-state index in [1.165, 1.54) is 12.0 Å². The van der Waals surface area contributed by atoms with Crippen molar-refractivity contribution >= 4 is 28.8 Å². The number of hydrogen-bond acceptors (Lipinski definition) is 4. The van der Waals surface area contributed by atoms with Gasteiger partial charge in [-0.25, -0.2) is 0 Å². The molecule has 5 nitrogen and oxygen atoms in total. The van der Waals surface area contributed by atoms with Crippen LogP contribution in [0.25, 0.3) is 0 Å². The van der Waals surface area contributed by atoms with Gasteiger partial charge in [-0.3, -0.25) is 9.59 Å². The van der Waals surface area contributed by atoms with Crippen LogP contribution < -0.4 is 15.4 Å². The van der Waals surface area contributed by atoms with Gasteiger partial charge in [-0.2, -0.15) is 0 Å². The number of benzene rings is 1. The van der Waals surface area contributed by atoms with Gasteiger partial charge in [-0.15, -0.1) is 11.3 Å². The van der Waals surface area contributed by atoms with Crippen molar-refractivity contribution in [2.24, 2.45) is 0 Å². The van der Waals surface area contributed by atoms with E-state index in [0.717, 1.165) is 5.56 Å². The molecular formula is C17H20N2O3S. The van der Waals surface area contributed by atoms with Crippen LogP contribution >= 0.6 is 11.3 Å². The summed E-state index contributed by atoms with van der Waals surface area (Å²) < 4.78 is 5.19. The number of amides is 2. The molecule has 1 unspecified atom stereocenters. The molecule has 6 heteroatoms. The molecular weight excluding hydrogens is 312 g/mol. The van der Waals surface area contributed by atoms with Crippen LogP contribution in [0.1, 0.15) is 17.4 Å². The van der Waals surface area contributed by atoms with Crippen molar-refractivity contribution in [2.45, 2.75) is 26.3 Å². The second-order valence-electron chi connectivity index (χ2n) is 5.32. The Morgan fingerprint density at radius 1 is 1.26 bits per heavy atom. The summed E-state index contributed by atoms with van der Waals surface area (Å²) in [6.07, 6.45) is 0.699. The standard InChI is InChI=1S/C17H20N2O3S/c1-11-6-7-15(22-3)14(9-11)19-17(21)16(20)18-12(2)10-13-5-4-8-23-13/h4-9,12H,10H2,1-3H3,(H,18,20)(H,19,21). The lowest BCUT2D eigenvalue weighted by Gasteiger charge is -2.14. The first kappa shape index (κ1) is 17.0. The Hall–Kier alpha value is -2.34. The van der Waals surface area contributed by atoms with Crippen LogP contribution in [0.2, 0.25) is 0 Å². The highest BCUT2D eigenvalue weighted by atomic mass is 32.1. The number of ether oxygens (including phenoxy) is 1. The van der Waals surface area contributed by atoms with Gasteiger partial charge in [0.25, 0.3) is 0 Å². The summed E-state index contributed by atoms with van der Waals surface area (Å²) in [5, 5.41) is 7.28. The Bertz CT molecular complexity index is 683. The molecule has 1 aromatic carbocycles. The normalized spacial score (nSPS) is 11.6. The molecule has 0 aliphatic carbocycles. The molecule has 0 spiro atoms. The summed E-state index contributed by atoms with van der Waals surface area (Å²) in [7, 11) is 1.52. The Morgan fingerprint density at radius 2 is 2.04 bits per heavy atom. The minimum Gasteiger partial charge on any atom is -0.495 e. The van der Waals surface area contributed by atoms with E-state index >= 15 is 0 Å². The summed E-state index contributed by atoms with van der Waals surface area (Å²) in [5.74, 6) is -0.840. The molecule has 0 aliphatic rings. The SMILES string of the molecule is COc1ccc(C)cc1NC(=O)C(=O)NC(C)Cc1cccs1. The molecule has 1 heterocycles. The highest BCUT2D eigenvalue weighted by Crippen LogP contribution is 2.25. The second-order valence-corrected chi connectivity index (χ2v) is 6.35. The van der Waals surface area contributed by atoms with Gasteiger partial charge >= 0.3 is 11.8 Å². The lowest BCUT2D eigenvalue weighted by atomic mass is 10.2. The summed E-state index contributed by atoms with van der Waals surface area (Å²) in [6, 6.07) is 9.24. The van der Waals surface area contributed by atoms with E-state index in [4.69, 9.17) is 4.74 Å². The number of nitrogens with one attached hydrogen (secondary N) is 2. The van der Waals surface area contributed by atoms with Crippen LogP contribution in [0.4, 0.5) is 5.69 Å². The predicted octanol–water partition coefficient (Wildman–Crippen LogP) is 2.75. The highest BCUT2D eigenvalue weighted by molar-refractivity contribution is 7.09. The molecule has 2 N–H and O–H groups in total. The zero-order valence-electron chi connectivity index (χ0n) is 13.4. The molecule has 1 atom stereocenters. The average molecular weight is 332 g/mol. The number of rotatable bonds is 5. The fourth-order valence-electron chi connectivity index (χ4n) is 2.17. The average Bonchev–Trinajstić information content (AvgIpc) is 3.00. The third-order valence-corrected chi connectivity index (χ3v) is 4.17. The lowest BCUT2D eigenvalue weighted by molar-refractivity contribution is -0.136. The maximum Gasteiger partial charge on any atom is 0.313 e. The first-order valence-electron chi connectivity index (χ1n) is 7.28. The molecule has 0 radical (unpaired) electrons. The maximum absolute atomic E-state index is 12.1. The Labute approximate surface area is 139 Å². The number of hydrogen-bond donors (Lipinski definition) is 2. The first-order valence-corrected chi connectivity index (χ1v) is 8.16. The molecule has 122 valence electrons. The minimum atomic E-state index is -0.702. The summed E-state index contributed by atoms with van der Waals surface area (Å²) in [5.41, 5.74) is 1.45. The van der Waals surface area contributed by atoms with Crippen molar-refractivity contribution in [3.63, 3.8) is 0 Å². The second kappa shape index (κ2) is 7.78. The molecule has 0 saturated carbocycles. The third kappa shape index (κ3) is 4.82. The monoisotopic (exact) mass is 332 g/mol. The van der Waals surface area contributed by atoms with Crippen molar-refractivity contribution < 1.29 is 14.3 Å². The molecule has 0 aliphatic heterocycles. The maximum atomic E-state index is 12.1. The molecule has 2 rings (SSSR count). The fraction of sp³-hybridized carbons (Fsp3) is 0.294. The number of thiophene rings is 1. The van der Waals surface area contributed by atoms with E-state index in [9.17, 15) is 9.59 Å². The van der Waals surface area contributed by atoms with Crippen molar-refractivity contribution in [1.82, 2.24) is 5.32 Å². The molecule has 0 saturated heterocycles. The van der Waals surface area contributed by atoms with Gasteiger partial charge in [-0.1, -0.05) is 12.1 Å². The molecule has 2 aromatic rings. The van der Waals surface area contributed by atoms with Crippen LogP contribution in [0.15, 0.2) is 35.7 Å². The van der Waals surface area contributed by atoms with Crippen molar-refractivity contribution in [1.29, 1.82) is 0 Å². The van der Waals surface area contributed by atoms with Gasteiger partial charge in [0.15, 0.2) is 0 Å². The quantitative estimate of drug-likeness (QED) is 0.827. The number of carbonyl (C=O) groups is 2. The fourth-order valence-corrected chi connectivity index (χ4v) is 3.00. The Morgan fingerprint density at radius 3 is 2.70 bits per heavy atom. The van der Waals surface area contributed by atoms with Crippen molar-refractivity contribution in [3.05, 3.63) is 46.2 Å². The third-order valence-electron chi connectivity index (χ3n) is 3.27. The molecule has 0 fully saturated rings. The van der Waals surface area contributed by atoms with Gasteiger partial charge in [0, 0.05) is 17.3 Å². The molecule has 1 aromatic heterocycles. The largest absolute Gasteiger partial charge is 0.495 e. The van der Waals surface area contributed by atoms with Crippen LogP contribution in [-0.2, 0) is 16.0 Å². The van der Waals surface area contributed by atoms with E-state index in [0.29, 0.717) is 17.9 Å². The highest BCUT2D eigenvalue weighted by Gasteiger charge is 2.18. The number of methoxy groups -OCH3 is 1. The zero-order chi connectivity index (χ0) is 16.8. The van der Waals surface area contributed by atoms with Crippen molar-refractivity contribution in [2.75, 3.05) is 12.4 Å². The van der Waals surface area contributed by atoms with E-state index in [-0.39, 0.29) is 6.04 Å². The van der Waals surface area contributed by atoms with Crippen LogP contribution in [-0.4, -0.2) is 25.0 Å². The number of carbonyl (C=O) groups excluding carboxylic acids is 2. The van der Waals surface area contributed by atoms with E-state index < -0.39 is 11.8 Å². The Kier molecular flexibility index (Phi) is 5.76. The number of anilines is 1. The topological polar surface area (TPSA) is 67.4 Å². The predicted molar refractivity (Wildman–Crippen MR) is 92.0 cm³/mol. The van der Waals surface area contributed by atoms with E-state index in [2.05, 4.69) is 10.6 Å². The Balaban J connectivity index is 1.95. The first-order chi connectivity index (χ1) is 11.0. The van der Waals surface area contributed by atoms with Crippen LogP contribution in [0, 0.1) is 6.92 Å². The summed E-state index contributed by atoms with van der Waals surface area (Å²) in [4.78, 5) is 25.2. The smallest absolute Gasteiger partial charge is 0.313 e. The van der Waals surface area contributed by atoms with E-state index in [1.807, 2.05) is 37.4 Å². The van der Waals surface area contributed by atoms with E-state index in [1.54, 1.807) is 23.5 Å². The molecule has 0 bridgehead atoms. The van der Waals surface area contributed by atoms with Crippen LogP contribution in [0.3, 0.4) is 0 Å². The van der Waals surface area contributed by atoms with Gasteiger partial charge < -0.3 is 15.4 Å². The number of aryl methyl sites for hydroxylation is 1. The van der Waals surface area contributed by atoms with Gasteiger partial charge in [0.05, 0.1) is 12.8 Å². The molecule has 23 heavy (non-hydrogen) atoms. The molecule has 2 amide bonds.